The topological polar surface area (TPSA) is 108 Å². The second-order valence-electron chi connectivity index (χ2n) is 22.7. The van der Waals surface area contributed by atoms with Gasteiger partial charge in [-0.05, 0) is 77.0 Å². The number of carbonyl (C=O) groups is 3. The maximum absolute atomic E-state index is 12.9. The molecule has 2 unspecified atom stereocenters. The Kier molecular flexibility index (Phi) is 57.4. The highest BCUT2D eigenvalue weighted by Gasteiger charge is 2.25. The van der Waals surface area contributed by atoms with Gasteiger partial charge >= 0.3 is 17.9 Å². The number of allylic oxidation sites excluding steroid dienone is 16. The lowest BCUT2D eigenvalue weighted by molar-refractivity contribution is -0.870. The molecule has 0 aromatic heterocycles. The van der Waals surface area contributed by atoms with Crippen LogP contribution in [0, 0.1) is 0 Å². The number of unbranched alkanes of at least 4 members (excludes halogenated alkanes) is 28. The summed E-state index contributed by atoms with van der Waals surface area (Å²) in [5, 5.41) is 9.72. The van der Waals surface area contributed by atoms with E-state index in [1.807, 2.05) is 21.1 Å². The molecular weight excluding hydrogens is 983 g/mol. The normalized spacial score (nSPS) is 13.4. The molecule has 0 rings (SSSR count). The van der Waals surface area contributed by atoms with Gasteiger partial charge in [0.25, 0.3) is 6.29 Å². The molecular formula is C70H122NO8+. The molecule has 0 saturated heterocycles. The van der Waals surface area contributed by atoms with E-state index in [1.165, 1.54) is 148 Å². The fourth-order valence-electron chi connectivity index (χ4n) is 8.91. The standard InChI is InChI=1S/C70H121NO8/c1-6-8-10-12-14-16-18-20-22-24-25-26-27-28-29-30-31-32-33-34-35-36-37-38-39-40-41-42-43-45-47-49-51-53-55-57-59-61-68(73)79-66(65-78-70(69(74)75)76-63-62-71(3,4)5)64-77-67(72)60-58-56-54-52-50-48-46-44-23-21-19-17-15-13-11-9-7-2/h8,10,14,16,20,22,25-26,28-29,31-32,34-35,37-38,66,70H,6-7,9,11-13,15,17-19,21,23-24,27,30,33,36,39-65H2,1-5H3/p+1/b10-8-,16-14-,22-20-,26-25-,29-28-,32-31-,35-34-,38-37-. The van der Waals surface area contributed by atoms with Crippen LogP contribution in [0.25, 0.3) is 0 Å². The lowest BCUT2D eigenvalue weighted by Gasteiger charge is -2.25. The minimum atomic E-state index is -1.51. The average Bonchev–Trinajstić information content (AvgIpc) is 3.42. The molecule has 1 N–H and O–H groups in total. The van der Waals surface area contributed by atoms with Crippen molar-refractivity contribution in [2.75, 3.05) is 47.5 Å². The maximum atomic E-state index is 12.9. The van der Waals surface area contributed by atoms with Crippen LogP contribution in [0.4, 0.5) is 0 Å². The van der Waals surface area contributed by atoms with Crippen molar-refractivity contribution in [2.45, 2.75) is 283 Å². The lowest BCUT2D eigenvalue weighted by atomic mass is 10.0. The molecule has 9 nitrogen and oxygen atoms in total. The molecule has 0 aliphatic rings. The van der Waals surface area contributed by atoms with Crippen LogP contribution in [0.2, 0.25) is 0 Å². The Morgan fingerprint density at radius 3 is 1.08 bits per heavy atom. The van der Waals surface area contributed by atoms with E-state index in [2.05, 4.69) is 111 Å². The molecule has 0 radical (unpaired) electrons. The Balaban J connectivity index is 4.13. The smallest absolute Gasteiger partial charge is 0.361 e. The summed E-state index contributed by atoms with van der Waals surface area (Å²) in [7, 11) is 5.97. The van der Waals surface area contributed by atoms with E-state index in [0.29, 0.717) is 23.9 Å². The van der Waals surface area contributed by atoms with Gasteiger partial charge in [-0.3, -0.25) is 9.59 Å². The van der Waals surface area contributed by atoms with Crippen LogP contribution in [0.1, 0.15) is 271 Å². The van der Waals surface area contributed by atoms with Crippen LogP contribution in [0.5, 0.6) is 0 Å². The summed E-state index contributed by atoms with van der Waals surface area (Å²) in [6.45, 7) is 4.78. The fourth-order valence-corrected chi connectivity index (χ4v) is 8.91. The van der Waals surface area contributed by atoms with Crippen molar-refractivity contribution >= 4 is 17.9 Å². The van der Waals surface area contributed by atoms with Gasteiger partial charge < -0.3 is 28.5 Å². The molecule has 0 aromatic rings. The van der Waals surface area contributed by atoms with Gasteiger partial charge in [0.1, 0.15) is 13.2 Å². The van der Waals surface area contributed by atoms with Crippen molar-refractivity contribution in [1.29, 1.82) is 0 Å². The highest BCUT2D eigenvalue weighted by Crippen LogP contribution is 2.17. The van der Waals surface area contributed by atoms with E-state index >= 15 is 0 Å². The first-order chi connectivity index (χ1) is 38.6. The molecule has 454 valence electrons. The molecule has 0 amide bonds. The SMILES string of the molecule is CC/C=C\C/C=C\C/C=C\C/C=C\C/C=C\C/C=C\C/C=C\C/C=C\CCCCCCCCCCCCCCC(=O)OC(COC(=O)CCCCCCCCCCCCCCCCCCC)COC(OCC[N+](C)(C)C)C(=O)O. The lowest BCUT2D eigenvalue weighted by Crippen LogP contribution is -2.40. The van der Waals surface area contributed by atoms with Crippen molar-refractivity contribution in [3.8, 4) is 0 Å². The molecule has 9 heteroatoms. The first-order valence-corrected chi connectivity index (χ1v) is 32.4. The van der Waals surface area contributed by atoms with Crippen LogP contribution < -0.4 is 0 Å². The molecule has 0 aromatic carbocycles. The van der Waals surface area contributed by atoms with Crippen molar-refractivity contribution in [1.82, 2.24) is 0 Å². The van der Waals surface area contributed by atoms with E-state index < -0.39 is 24.3 Å². The number of likely N-dealkylation sites (N-methyl/N-ethyl adjacent to an activating group) is 1. The quantitative estimate of drug-likeness (QED) is 0.0211. The Morgan fingerprint density at radius 1 is 0.392 bits per heavy atom. The second kappa shape index (κ2) is 60.3. The highest BCUT2D eigenvalue weighted by atomic mass is 16.7. The first kappa shape index (κ1) is 75.2. The Labute approximate surface area is 486 Å². The number of ether oxygens (including phenoxy) is 4. The summed E-state index contributed by atoms with van der Waals surface area (Å²) in [5.41, 5.74) is 0. The van der Waals surface area contributed by atoms with Crippen molar-refractivity contribution in [2.24, 2.45) is 0 Å². The maximum Gasteiger partial charge on any atom is 0.361 e. The number of aliphatic carboxylic acids is 1. The molecule has 0 aliphatic heterocycles. The average molecular weight is 1110 g/mol. The molecule has 2 atom stereocenters. The van der Waals surface area contributed by atoms with E-state index in [4.69, 9.17) is 18.9 Å². The number of carboxylic acid groups (broad SMARTS) is 1. The molecule has 0 fully saturated rings. The largest absolute Gasteiger partial charge is 0.477 e. The van der Waals surface area contributed by atoms with Gasteiger partial charge in [0.15, 0.2) is 6.10 Å². The summed E-state index contributed by atoms with van der Waals surface area (Å²) in [5.74, 6) is -2.00. The third-order valence-corrected chi connectivity index (χ3v) is 13.9. The summed E-state index contributed by atoms with van der Waals surface area (Å²) >= 11 is 0. The third-order valence-electron chi connectivity index (χ3n) is 13.9. The van der Waals surface area contributed by atoms with E-state index in [9.17, 15) is 19.5 Å². The minimum Gasteiger partial charge on any atom is -0.477 e. The summed E-state index contributed by atoms with van der Waals surface area (Å²) < 4.78 is 22.9. The minimum absolute atomic E-state index is 0.183. The number of carboxylic acids is 1. The highest BCUT2D eigenvalue weighted by molar-refractivity contribution is 5.71. The Bertz CT molecular complexity index is 1620. The Morgan fingerprint density at radius 2 is 0.722 bits per heavy atom. The number of hydrogen-bond donors (Lipinski definition) is 1. The number of carbonyl (C=O) groups excluding carboxylic acids is 2. The van der Waals surface area contributed by atoms with Gasteiger partial charge in [0.05, 0.1) is 34.4 Å². The Hall–Kier alpha value is -3.79. The van der Waals surface area contributed by atoms with Crippen LogP contribution in [-0.4, -0.2) is 87.4 Å². The summed E-state index contributed by atoms with van der Waals surface area (Å²) in [4.78, 5) is 37.5. The fraction of sp³-hybridized carbons (Fsp3) is 0.729. The molecule has 0 aliphatic carbocycles. The van der Waals surface area contributed by atoms with E-state index in [0.717, 1.165) is 89.9 Å². The van der Waals surface area contributed by atoms with Gasteiger partial charge in [-0.1, -0.05) is 278 Å². The number of hydrogen-bond acceptors (Lipinski definition) is 7. The molecule has 0 heterocycles. The zero-order chi connectivity index (χ0) is 57.6. The third kappa shape index (κ3) is 61.7. The molecule has 0 spiro atoms. The number of rotatable bonds is 59. The number of nitrogens with zero attached hydrogens (tertiary/aromatic N) is 1. The monoisotopic (exact) mass is 1100 g/mol. The molecule has 79 heavy (non-hydrogen) atoms. The van der Waals surface area contributed by atoms with Crippen LogP contribution in [0.3, 0.4) is 0 Å². The van der Waals surface area contributed by atoms with E-state index in [-0.39, 0.29) is 32.2 Å². The van der Waals surface area contributed by atoms with Crippen LogP contribution in [0.15, 0.2) is 97.2 Å². The molecule has 0 saturated carbocycles. The zero-order valence-corrected chi connectivity index (χ0v) is 51.8. The predicted molar refractivity (Wildman–Crippen MR) is 336 cm³/mol. The van der Waals surface area contributed by atoms with Crippen molar-refractivity contribution in [3.05, 3.63) is 97.2 Å². The van der Waals surface area contributed by atoms with Crippen molar-refractivity contribution in [3.63, 3.8) is 0 Å². The van der Waals surface area contributed by atoms with Gasteiger partial charge in [0, 0.05) is 12.8 Å². The number of quaternary nitrogens is 1. The molecule has 0 bridgehead atoms. The van der Waals surface area contributed by atoms with Gasteiger partial charge in [0.2, 0.25) is 0 Å². The van der Waals surface area contributed by atoms with Gasteiger partial charge in [-0.2, -0.15) is 0 Å². The summed E-state index contributed by atoms with van der Waals surface area (Å²) in [6.07, 6.45) is 79.3. The van der Waals surface area contributed by atoms with Crippen LogP contribution >= 0.6 is 0 Å². The van der Waals surface area contributed by atoms with Crippen LogP contribution in [-0.2, 0) is 33.3 Å². The van der Waals surface area contributed by atoms with E-state index in [1.54, 1.807) is 0 Å². The zero-order valence-electron chi connectivity index (χ0n) is 51.8. The second-order valence-corrected chi connectivity index (χ2v) is 22.7. The van der Waals surface area contributed by atoms with Gasteiger partial charge in [-0.15, -0.1) is 0 Å². The predicted octanol–water partition coefficient (Wildman–Crippen LogP) is 19.7. The summed E-state index contributed by atoms with van der Waals surface area (Å²) in [6, 6.07) is 0. The number of esters is 2. The van der Waals surface area contributed by atoms with Gasteiger partial charge in [-0.25, -0.2) is 4.79 Å². The van der Waals surface area contributed by atoms with Crippen molar-refractivity contribution < 1.29 is 42.9 Å². The first-order valence-electron chi connectivity index (χ1n) is 32.4.